The van der Waals surface area contributed by atoms with E-state index in [1.165, 1.54) is 0 Å². The summed E-state index contributed by atoms with van der Waals surface area (Å²) in [5.74, 6) is 0. The summed E-state index contributed by atoms with van der Waals surface area (Å²) in [6, 6.07) is 9.87. The number of amides is 1. The van der Waals surface area contributed by atoms with Gasteiger partial charge in [0.15, 0.2) is 0 Å². The Balaban J connectivity index is 1.70. The molecular formula is C15H17N3O2. The van der Waals surface area contributed by atoms with Gasteiger partial charge >= 0.3 is 6.09 Å². The molecule has 5 nitrogen and oxygen atoms in total. The van der Waals surface area contributed by atoms with Crippen LogP contribution in [0, 0.1) is 11.3 Å². The number of carbonyl (C=O) groups excluding carboxylic acids is 1. The number of likely N-dealkylation sites (N-methyl/N-ethyl adjacent to an activating group) is 1. The van der Waals surface area contributed by atoms with E-state index in [1.807, 2.05) is 24.3 Å². The van der Waals surface area contributed by atoms with Crippen LogP contribution >= 0.6 is 0 Å². The SMILES string of the molecule is CN1CC2(CCN(Cc3ccccc3C#N)C2)OC1=O. The second-order valence-electron chi connectivity index (χ2n) is 5.64. The van der Waals surface area contributed by atoms with Crippen LogP contribution in [0.3, 0.4) is 0 Å². The van der Waals surface area contributed by atoms with Gasteiger partial charge in [0.2, 0.25) is 0 Å². The molecule has 104 valence electrons. The van der Waals surface area contributed by atoms with E-state index < -0.39 is 0 Å². The fourth-order valence-corrected chi connectivity index (χ4v) is 3.08. The number of likely N-dealkylation sites (tertiary alicyclic amines) is 1. The number of rotatable bonds is 2. The molecule has 0 radical (unpaired) electrons. The number of hydrogen-bond acceptors (Lipinski definition) is 4. The van der Waals surface area contributed by atoms with Gasteiger partial charge in [-0.1, -0.05) is 18.2 Å². The molecule has 1 unspecified atom stereocenters. The smallest absolute Gasteiger partial charge is 0.410 e. The lowest BCUT2D eigenvalue weighted by Crippen LogP contribution is -2.37. The van der Waals surface area contributed by atoms with Crippen LogP contribution in [0.15, 0.2) is 24.3 Å². The molecule has 20 heavy (non-hydrogen) atoms. The number of benzene rings is 1. The van der Waals surface area contributed by atoms with Crippen molar-refractivity contribution in [3.05, 3.63) is 35.4 Å². The molecule has 1 amide bonds. The summed E-state index contributed by atoms with van der Waals surface area (Å²) in [5, 5.41) is 9.12. The van der Waals surface area contributed by atoms with Gasteiger partial charge in [-0.15, -0.1) is 0 Å². The van der Waals surface area contributed by atoms with Crippen LogP contribution in [-0.4, -0.2) is 48.2 Å². The van der Waals surface area contributed by atoms with E-state index in [0.29, 0.717) is 12.1 Å². The van der Waals surface area contributed by atoms with Gasteiger partial charge in [0.1, 0.15) is 5.60 Å². The third-order valence-corrected chi connectivity index (χ3v) is 4.07. The number of nitrogens with zero attached hydrogens (tertiary/aromatic N) is 3. The molecule has 2 fully saturated rings. The lowest BCUT2D eigenvalue weighted by Gasteiger charge is -2.22. The molecule has 1 aromatic carbocycles. The van der Waals surface area contributed by atoms with Crippen molar-refractivity contribution >= 4 is 6.09 Å². The maximum Gasteiger partial charge on any atom is 0.410 e. The Labute approximate surface area is 118 Å². The van der Waals surface area contributed by atoms with Crippen molar-refractivity contribution in [2.75, 3.05) is 26.7 Å². The van der Waals surface area contributed by atoms with Crippen LogP contribution in [-0.2, 0) is 11.3 Å². The third-order valence-electron chi connectivity index (χ3n) is 4.07. The van der Waals surface area contributed by atoms with E-state index >= 15 is 0 Å². The molecule has 0 aromatic heterocycles. The molecule has 1 atom stereocenters. The summed E-state index contributed by atoms with van der Waals surface area (Å²) in [6.07, 6.45) is 0.627. The Hall–Kier alpha value is -2.06. The molecule has 0 saturated carbocycles. The highest BCUT2D eigenvalue weighted by atomic mass is 16.6. The molecule has 2 heterocycles. The van der Waals surface area contributed by atoms with Gasteiger partial charge in [0.25, 0.3) is 0 Å². The van der Waals surface area contributed by atoms with E-state index in [0.717, 1.165) is 31.6 Å². The van der Waals surface area contributed by atoms with Crippen LogP contribution < -0.4 is 0 Å². The molecule has 5 heteroatoms. The quantitative estimate of drug-likeness (QED) is 0.819. The highest BCUT2D eigenvalue weighted by molar-refractivity contribution is 5.70. The normalized spacial score (nSPS) is 26.0. The van der Waals surface area contributed by atoms with Gasteiger partial charge < -0.3 is 9.64 Å². The van der Waals surface area contributed by atoms with Crippen molar-refractivity contribution in [2.24, 2.45) is 0 Å². The molecule has 0 aliphatic carbocycles. The molecule has 2 saturated heterocycles. The Morgan fingerprint density at radius 2 is 2.20 bits per heavy atom. The van der Waals surface area contributed by atoms with Crippen molar-refractivity contribution < 1.29 is 9.53 Å². The van der Waals surface area contributed by atoms with Crippen molar-refractivity contribution in [3.8, 4) is 6.07 Å². The molecule has 0 bridgehead atoms. The minimum absolute atomic E-state index is 0.232. The van der Waals surface area contributed by atoms with Crippen LogP contribution in [0.2, 0.25) is 0 Å². The second kappa shape index (κ2) is 4.80. The summed E-state index contributed by atoms with van der Waals surface area (Å²) in [7, 11) is 1.77. The highest BCUT2D eigenvalue weighted by Crippen LogP contribution is 2.32. The lowest BCUT2D eigenvalue weighted by atomic mass is 10.0. The van der Waals surface area contributed by atoms with E-state index in [-0.39, 0.29) is 11.7 Å². The number of carbonyl (C=O) groups is 1. The van der Waals surface area contributed by atoms with Gasteiger partial charge in [0.05, 0.1) is 18.2 Å². The molecule has 0 N–H and O–H groups in total. The first-order valence-electron chi connectivity index (χ1n) is 6.76. The fourth-order valence-electron chi connectivity index (χ4n) is 3.08. The van der Waals surface area contributed by atoms with Crippen molar-refractivity contribution in [1.29, 1.82) is 5.26 Å². The first-order valence-corrected chi connectivity index (χ1v) is 6.76. The Morgan fingerprint density at radius 1 is 1.40 bits per heavy atom. The third kappa shape index (κ3) is 2.23. The van der Waals surface area contributed by atoms with Gasteiger partial charge in [-0.3, -0.25) is 4.90 Å². The number of ether oxygens (including phenoxy) is 1. The average molecular weight is 271 g/mol. The first-order chi connectivity index (χ1) is 9.62. The minimum atomic E-state index is -0.354. The van der Waals surface area contributed by atoms with Gasteiger partial charge in [0, 0.05) is 33.1 Å². The lowest BCUT2D eigenvalue weighted by molar-refractivity contribution is 0.0627. The van der Waals surface area contributed by atoms with Gasteiger partial charge in [-0.2, -0.15) is 5.26 Å². The van der Waals surface area contributed by atoms with Crippen LogP contribution in [0.5, 0.6) is 0 Å². The van der Waals surface area contributed by atoms with Crippen molar-refractivity contribution in [3.63, 3.8) is 0 Å². The Bertz CT molecular complexity index is 581. The highest BCUT2D eigenvalue weighted by Gasteiger charge is 2.48. The van der Waals surface area contributed by atoms with Crippen molar-refractivity contribution in [1.82, 2.24) is 9.80 Å². The van der Waals surface area contributed by atoms with E-state index in [9.17, 15) is 4.79 Å². The maximum atomic E-state index is 11.5. The average Bonchev–Trinajstić information content (AvgIpc) is 2.94. The van der Waals surface area contributed by atoms with Crippen LogP contribution in [0.25, 0.3) is 0 Å². The van der Waals surface area contributed by atoms with Crippen molar-refractivity contribution in [2.45, 2.75) is 18.6 Å². The summed E-state index contributed by atoms with van der Waals surface area (Å²) < 4.78 is 5.53. The summed E-state index contributed by atoms with van der Waals surface area (Å²) in [6.45, 7) is 3.01. The number of hydrogen-bond donors (Lipinski definition) is 0. The second-order valence-corrected chi connectivity index (χ2v) is 5.64. The van der Waals surface area contributed by atoms with E-state index in [2.05, 4.69) is 11.0 Å². The van der Waals surface area contributed by atoms with Gasteiger partial charge in [-0.25, -0.2) is 4.79 Å². The summed E-state index contributed by atoms with van der Waals surface area (Å²) in [5.41, 5.74) is 1.40. The zero-order valence-corrected chi connectivity index (χ0v) is 11.5. The first kappa shape index (κ1) is 12.9. The van der Waals surface area contributed by atoms with E-state index in [1.54, 1.807) is 11.9 Å². The zero-order valence-electron chi connectivity index (χ0n) is 11.5. The van der Waals surface area contributed by atoms with Crippen LogP contribution in [0.1, 0.15) is 17.5 Å². The topological polar surface area (TPSA) is 56.6 Å². The molecule has 1 aromatic rings. The largest absolute Gasteiger partial charge is 0.439 e. The maximum absolute atomic E-state index is 11.5. The monoisotopic (exact) mass is 271 g/mol. The predicted molar refractivity (Wildman–Crippen MR) is 72.9 cm³/mol. The predicted octanol–water partition coefficient (Wildman–Crippen LogP) is 1.58. The fraction of sp³-hybridized carbons (Fsp3) is 0.467. The number of nitriles is 1. The summed E-state index contributed by atoms with van der Waals surface area (Å²) >= 11 is 0. The molecular weight excluding hydrogens is 254 g/mol. The van der Waals surface area contributed by atoms with Gasteiger partial charge in [-0.05, 0) is 11.6 Å². The Kier molecular flexibility index (Phi) is 3.11. The molecule has 2 aliphatic rings. The molecule has 3 rings (SSSR count). The standard InChI is InChI=1S/C15H17N3O2/c1-17-10-15(20-14(17)19)6-7-18(11-15)9-13-5-3-2-4-12(13)8-16/h2-5H,6-7,9-11H2,1H3. The Morgan fingerprint density at radius 3 is 2.90 bits per heavy atom. The minimum Gasteiger partial charge on any atom is -0.439 e. The molecule has 2 aliphatic heterocycles. The molecule has 1 spiro atoms. The zero-order chi connectivity index (χ0) is 14.2. The summed E-state index contributed by atoms with van der Waals surface area (Å²) in [4.78, 5) is 15.4. The van der Waals surface area contributed by atoms with Crippen LogP contribution in [0.4, 0.5) is 4.79 Å². The van der Waals surface area contributed by atoms with E-state index in [4.69, 9.17) is 10.00 Å².